The highest BCUT2D eigenvalue weighted by Gasteiger charge is 2.27. The van der Waals surface area contributed by atoms with Crippen molar-refractivity contribution in [1.29, 1.82) is 0 Å². The number of carbonyl (C=O) groups is 1. The molecule has 110 valence electrons. The molecule has 2 N–H and O–H groups in total. The maximum atomic E-state index is 12.3. The fraction of sp³-hybridized carbons (Fsp3) is 0.714. The Morgan fingerprint density at radius 1 is 1.45 bits per heavy atom. The van der Waals surface area contributed by atoms with E-state index in [1.807, 2.05) is 0 Å². The largest absolute Gasteiger partial charge is 0.391 e. The third-order valence-corrected chi connectivity index (χ3v) is 5.24. The van der Waals surface area contributed by atoms with Gasteiger partial charge >= 0.3 is 0 Å². The van der Waals surface area contributed by atoms with E-state index in [0.717, 1.165) is 50.9 Å². The number of hydrogen-bond donors (Lipinski definition) is 2. The minimum absolute atomic E-state index is 0.111. The van der Waals surface area contributed by atoms with Crippen molar-refractivity contribution in [3.8, 4) is 0 Å². The van der Waals surface area contributed by atoms with E-state index in [-0.39, 0.29) is 11.9 Å². The third-order valence-electron chi connectivity index (χ3n) is 4.16. The first-order valence-electron chi connectivity index (χ1n) is 7.29. The highest BCUT2D eigenvalue weighted by Crippen LogP contribution is 2.25. The summed E-state index contributed by atoms with van der Waals surface area (Å²) in [6, 6.07) is -0.111. The number of rotatable bonds is 2. The van der Waals surface area contributed by atoms with Gasteiger partial charge in [0.2, 0.25) is 0 Å². The molecular formula is C14H21N3O2S. The van der Waals surface area contributed by atoms with Crippen LogP contribution in [-0.2, 0) is 13.0 Å². The van der Waals surface area contributed by atoms with E-state index in [9.17, 15) is 9.90 Å². The van der Waals surface area contributed by atoms with Gasteiger partial charge < -0.3 is 15.3 Å². The molecule has 0 aromatic carbocycles. The Morgan fingerprint density at radius 2 is 2.25 bits per heavy atom. The Morgan fingerprint density at radius 3 is 3.05 bits per heavy atom. The summed E-state index contributed by atoms with van der Waals surface area (Å²) in [5.41, 5.74) is 1.07. The summed E-state index contributed by atoms with van der Waals surface area (Å²) in [5, 5.41) is 13.4. The van der Waals surface area contributed by atoms with Crippen molar-refractivity contribution < 1.29 is 9.90 Å². The minimum Gasteiger partial charge on any atom is -0.391 e. The van der Waals surface area contributed by atoms with Gasteiger partial charge in [-0.2, -0.15) is 0 Å². The molecular weight excluding hydrogens is 274 g/mol. The zero-order valence-corrected chi connectivity index (χ0v) is 12.6. The minimum atomic E-state index is -0.409. The average Bonchev–Trinajstić information content (AvgIpc) is 2.84. The number of carbonyl (C=O) groups excluding carboxylic acids is 1. The second-order valence-electron chi connectivity index (χ2n) is 5.81. The Kier molecular flexibility index (Phi) is 4.05. The Balaban J connectivity index is 1.68. The van der Waals surface area contributed by atoms with E-state index in [1.54, 1.807) is 0 Å². The molecule has 0 spiro atoms. The summed E-state index contributed by atoms with van der Waals surface area (Å²) in [4.78, 5) is 20.2. The fourth-order valence-electron chi connectivity index (χ4n) is 2.93. The maximum Gasteiger partial charge on any atom is 0.280 e. The lowest BCUT2D eigenvalue weighted by Gasteiger charge is -2.27. The Labute approximate surface area is 123 Å². The van der Waals surface area contributed by atoms with Crippen molar-refractivity contribution in [3.63, 3.8) is 0 Å². The molecule has 0 saturated heterocycles. The lowest BCUT2D eigenvalue weighted by atomic mass is 9.92. The molecule has 1 saturated carbocycles. The van der Waals surface area contributed by atoms with Gasteiger partial charge in [0.15, 0.2) is 5.01 Å². The first-order chi connectivity index (χ1) is 9.63. The predicted octanol–water partition coefficient (Wildman–Crippen LogP) is 1.16. The SMILES string of the molecule is CN1CCc2nc(C(=O)N[C@H]3CCCC[C@@H]3O)sc2C1. The van der Waals surface area contributed by atoms with E-state index < -0.39 is 6.10 Å². The van der Waals surface area contributed by atoms with Crippen LogP contribution < -0.4 is 5.32 Å². The second kappa shape index (κ2) is 5.79. The van der Waals surface area contributed by atoms with E-state index >= 15 is 0 Å². The van der Waals surface area contributed by atoms with Crippen LogP contribution in [0.25, 0.3) is 0 Å². The highest BCUT2D eigenvalue weighted by atomic mass is 32.1. The van der Waals surface area contributed by atoms with Gasteiger partial charge in [-0.05, 0) is 19.9 Å². The van der Waals surface area contributed by atoms with Crippen LogP contribution in [0, 0.1) is 0 Å². The number of amides is 1. The Hall–Kier alpha value is -0.980. The van der Waals surface area contributed by atoms with Gasteiger partial charge in [0, 0.05) is 24.4 Å². The standard InChI is InChI=1S/C14H21N3O2S/c1-17-7-6-10-12(8-17)20-14(16-10)13(19)15-9-4-2-3-5-11(9)18/h9,11,18H,2-8H2,1H3,(H,15,19)/t9-,11-/m0/s1. The fourth-order valence-corrected chi connectivity index (χ4v) is 4.02. The van der Waals surface area contributed by atoms with Crippen LogP contribution in [0.1, 0.15) is 46.1 Å². The molecule has 2 aliphatic rings. The molecule has 0 bridgehead atoms. The summed E-state index contributed by atoms with van der Waals surface area (Å²) in [7, 11) is 2.08. The van der Waals surface area contributed by atoms with Crippen LogP contribution in [0.2, 0.25) is 0 Å². The molecule has 20 heavy (non-hydrogen) atoms. The molecule has 6 heteroatoms. The highest BCUT2D eigenvalue weighted by molar-refractivity contribution is 7.13. The number of hydrogen-bond acceptors (Lipinski definition) is 5. The zero-order valence-electron chi connectivity index (χ0n) is 11.8. The van der Waals surface area contributed by atoms with E-state index in [1.165, 1.54) is 16.2 Å². The lowest BCUT2D eigenvalue weighted by Crippen LogP contribution is -2.45. The van der Waals surface area contributed by atoms with Gasteiger partial charge in [-0.1, -0.05) is 12.8 Å². The van der Waals surface area contributed by atoms with E-state index in [0.29, 0.717) is 5.01 Å². The predicted molar refractivity (Wildman–Crippen MR) is 77.9 cm³/mol. The number of nitrogens with one attached hydrogen (secondary N) is 1. The van der Waals surface area contributed by atoms with Gasteiger partial charge in [0.05, 0.1) is 17.8 Å². The molecule has 1 aliphatic carbocycles. The van der Waals surface area contributed by atoms with Crippen LogP contribution in [0.4, 0.5) is 0 Å². The van der Waals surface area contributed by atoms with Crippen molar-refractivity contribution in [1.82, 2.24) is 15.2 Å². The maximum absolute atomic E-state index is 12.3. The molecule has 1 aliphatic heterocycles. The van der Waals surface area contributed by atoms with Gasteiger partial charge in [0.25, 0.3) is 5.91 Å². The molecule has 0 unspecified atom stereocenters. The first kappa shape index (κ1) is 14.0. The monoisotopic (exact) mass is 295 g/mol. The molecule has 1 fully saturated rings. The number of likely N-dealkylation sites (N-methyl/N-ethyl adjacent to an activating group) is 1. The quantitative estimate of drug-likeness (QED) is 0.859. The van der Waals surface area contributed by atoms with Gasteiger partial charge in [0.1, 0.15) is 0 Å². The molecule has 1 amide bonds. The van der Waals surface area contributed by atoms with Gasteiger partial charge in [-0.3, -0.25) is 4.79 Å². The van der Waals surface area contributed by atoms with E-state index in [2.05, 4.69) is 22.2 Å². The summed E-state index contributed by atoms with van der Waals surface area (Å²) in [6.45, 7) is 1.88. The number of aromatic nitrogens is 1. The summed E-state index contributed by atoms with van der Waals surface area (Å²) in [6.07, 6.45) is 4.27. The smallest absolute Gasteiger partial charge is 0.280 e. The van der Waals surface area contributed by atoms with Gasteiger partial charge in [-0.25, -0.2) is 4.98 Å². The van der Waals surface area contributed by atoms with Crippen molar-refractivity contribution in [2.24, 2.45) is 0 Å². The first-order valence-corrected chi connectivity index (χ1v) is 8.11. The van der Waals surface area contributed by atoms with Gasteiger partial charge in [-0.15, -0.1) is 11.3 Å². The number of nitrogens with zero attached hydrogens (tertiary/aromatic N) is 2. The van der Waals surface area contributed by atoms with Crippen molar-refractivity contribution in [2.45, 2.75) is 50.8 Å². The number of fused-ring (bicyclic) bond motifs is 1. The molecule has 1 aromatic rings. The van der Waals surface area contributed by atoms with Crippen LogP contribution in [0.3, 0.4) is 0 Å². The molecule has 2 atom stereocenters. The zero-order chi connectivity index (χ0) is 14.1. The molecule has 5 nitrogen and oxygen atoms in total. The average molecular weight is 295 g/mol. The number of aliphatic hydroxyl groups is 1. The van der Waals surface area contributed by atoms with Crippen molar-refractivity contribution in [3.05, 3.63) is 15.6 Å². The second-order valence-corrected chi connectivity index (χ2v) is 6.89. The molecule has 0 radical (unpaired) electrons. The summed E-state index contributed by atoms with van der Waals surface area (Å²) >= 11 is 1.49. The molecule has 2 heterocycles. The molecule has 3 rings (SSSR count). The van der Waals surface area contributed by atoms with Crippen molar-refractivity contribution >= 4 is 17.2 Å². The third kappa shape index (κ3) is 2.87. The lowest BCUT2D eigenvalue weighted by molar-refractivity contribution is 0.0717. The van der Waals surface area contributed by atoms with Crippen molar-refractivity contribution in [2.75, 3.05) is 13.6 Å². The van der Waals surface area contributed by atoms with Crippen LogP contribution in [0.15, 0.2) is 0 Å². The number of thiazole rings is 1. The summed E-state index contributed by atoms with van der Waals surface area (Å²) in [5.74, 6) is -0.127. The Bertz CT molecular complexity index is 503. The topological polar surface area (TPSA) is 65.5 Å². The summed E-state index contributed by atoms with van der Waals surface area (Å²) < 4.78 is 0. The van der Waals surface area contributed by atoms with Crippen LogP contribution in [0.5, 0.6) is 0 Å². The number of aliphatic hydroxyl groups excluding tert-OH is 1. The molecule has 1 aromatic heterocycles. The normalized spacial score (nSPS) is 27.1. The van der Waals surface area contributed by atoms with E-state index in [4.69, 9.17) is 0 Å². The van der Waals surface area contributed by atoms with Crippen LogP contribution >= 0.6 is 11.3 Å². The van der Waals surface area contributed by atoms with Crippen LogP contribution in [-0.4, -0.2) is 46.6 Å².